The first-order chi connectivity index (χ1) is 11.9. The van der Waals surface area contributed by atoms with Crippen molar-refractivity contribution in [2.24, 2.45) is 0 Å². The number of hydrogen-bond acceptors (Lipinski definition) is 0. The van der Waals surface area contributed by atoms with Crippen molar-refractivity contribution in [2.75, 3.05) is 0 Å². The number of halogens is 6. The molecule has 0 fully saturated rings. The number of benzene rings is 3. The van der Waals surface area contributed by atoms with Crippen LogP contribution in [0.25, 0.3) is 16.6 Å². The zero-order valence-corrected chi connectivity index (χ0v) is 12.4. The highest BCUT2D eigenvalue weighted by molar-refractivity contribution is 5.89. The summed E-state index contributed by atoms with van der Waals surface area (Å²) >= 11 is 0. The van der Waals surface area contributed by atoms with E-state index in [9.17, 15) is 26.3 Å². The third-order valence-electron chi connectivity index (χ3n) is 4.41. The van der Waals surface area contributed by atoms with Crippen molar-refractivity contribution in [2.45, 2.75) is 5.92 Å². The monoisotopic (exact) mass is 350 g/mol. The summed E-state index contributed by atoms with van der Waals surface area (Å²) in [4.78, 5) is 0. The molecule has 0 amide bonds. The van der Waals surface area contributed by atoms with E-state index in [1.807, 2.05) is 0 Å². The Balaban J connectivity index is 2.10. The molecule has 0 N–H and O–H groups in total. The van der Waals surface area contributed by atoms with Gasteiger partial charge in [0, 0.05) is 5.56 Å². The van der Waals surface area contributed by atoms with Crippen LogP contribution in [0.5, 0.6) is 0 Å². The third-order valence-corrected chi connectivity index (χ3v) is 4.41. The molecule has 0 nitrogen and oxygen atoms in total. The zero-order chi connectivity index (χ0) is 17.9. The average Bonchev–Trinajstić information content (AvgIpc) is 2.89. The quantitative estimate of drug-likeness (QED) is 0.281. The molecule has 1 unspecified atom stereocenters. The highest BCUT2D eigenvalue weighted by Gasteiger charge is 2.42. The van der Waals surface area contributed by atoms with Gasteiger partial charge in [-0.3, -0.25) is 0 Å². The van der Waals surface area contributed by atoms with Crippen molar-refractivity contribution in [3.8, 4) is 0 Å². The lowest BCUT2D eigenvalue weighted by Gasteiger charge is -2.16. The first kappa shape index (κ1) is 15.7. The lowest BCUT2D eigenvalue weighted by Crippen LogP contribution is -2.08. The standard InChI is InChI=1S/C19H8F6/c20-14-11(10-7-3-5-8-4-1-2-6-9(8)10)12-13(16(14)22)17(23)19(25)18(24)15(12)21/h1-7,11H. The lowest BCUT2D eigenvalue weighted by atomic mass is 9.88. The minimum atomic E-state index is -2.17. The molecule has 0 aromatic heterocycles. The van der Waals surface area contributed by atoms with Gasteiger partial charge in [-0.25, -0.2) is 26.3 Å². The fourth-order valence-electron chi connectivity index (χ4n) is 3.30. The predicted molar refractivity (Wildman–Crippen MR) is 81.2 cm³/mol. The van der Waals surface area contributed by atoms with E-state index in [0.29, 0.717) is 10.8 Å². The Hall–Kier alpha value is -2.76. The van der Waals surface area contributed by atoms with Crippen molar-refractivity contribution < 1.29 is 26.3 Å². The van der Waals surface area contributed by atoms with Crippen LogP contribution in [0, 0.1) is 23.3 Å². The second-order valence-electron chi connectivity index (χ2n) is 5.71. The molecule has 1 aliphatic carbocycles. The van der Waals surface area contributed by atoms with E-state index in [1.165, 1.54) is 12.1 Å². The number of allylic oxidation sites excluding steroid dienone is 1. The van der Waals surface area contributed by atoms with Crippen LogP contribution in [-0.4, -0.2) is 0 Å². The molecule has 3 aromatic carbocycles. The van der Waals surface area contributed by atoms with Gasteiger partial charge in [-0.15, -0.1) is 0 Å². The molecule has 0 saturated heterocycles. The molecule has 0 heterocycles. The van der Waals surface area contributed by atoms with Crippen LogP contribution < -0.4 is 0 Å². The van der Waals surface area contributed by atoms with Crippen LogP contribution in [0.4, 0.5) is 26.3 Å². The second-order valence-corrected chi connectivity index (χ2v) is 5.71. The van der Waals surface area contributed by atoms with Gasteiger partial charge in [-0.2, -0.15) is 0 Å². The van der Waals surface area contributed by atoms with Crippen molar-refractivity contribution >= 4 is 16.6 Å². The summed E-state index contributed by atoms with van der Waals surface area (Å²) in [5, 5.41) is 1.13. The molecular weight excluding hydrogens is 342 g/mol. The number of rotatable bonds is 1. The van der Waals surface area contributed by atoms with Crippen LogP contribution in [0.3, 0.4) is 0 Å². The van der Waals surface area contributed by atoms with E-state index in [-0.39, 0.29) is 5.56 Å². The molecule has 1 aliphatic rings. The summed E-state index contributed by atoms with van der Waals surface area (Å²) in [6.45, 7) is 0. The summed E-state index contributed by atoms with van der Waals surface area (Å²) < 4.78 is 84.1. The lowest BCUT2D eigenvalue weighted by molar-refractivity contribution is 0.401. The van der Waals surface area contributed by atoms with Crippen molar-refractivity contribution in [1.29, 1.82) is 0 Å². The van der Waals surface area contributed by atoms with Crippen LogP contribution in [0.1, 0.15) is 22.6 Å². The second kappa shape index (κ2) is 5.37. The van der Waals surface area contributed by atoms with Crippen LogP contribution in [0.2, 0.25) is 0 Å². The molecule has 0 bridgehead atoms. The minimum Gasteiger partial charge on any atom is -0.208 e. The smallest absolute Gasteiger partial charge is 0.198 e. The third kappa shape index (κ3) is 2.03. The normalized spacial score (nSPS) is 16.6. The van der Waals surface area contributed by atoms with Gasteiger partial charge < -0.3 is 0 Å². The Morgan fingerprint density at radius 2 is 1.28 bits per heavy atom. The van der Waals surface area contributed by atoms with Crippen LogP contribution in [0.15, 0.2) is 48.3 Å². The Bertz CT molecular complexity index is 1060. The predicted octanol–water partition coefficient (Wildman–Crippen LogP) is 6.15. The van der Waals surface area contributed by atoms with Crippen LogP contribution >= 0.6 is 0 Å². The zero-order valence-electron chi connectivity index (χ0n) is 12.4. The number of hydrogen-bond donors (Lipinski definition) is 0. The Morgan fingerprint density at radius 3 is 2.04 bits per heavy atom. The molecule has 0 saturated carbocycles. The highest BCUT2D eigenvalue weighted by atomic mass is 19.2. The van der Waals surface area contributed by atoms with E-state index in [2.05, 4.69) is 0 Å². The van der Waals surface area contributed by atoms with Crippen molar-refractivity contribution in [3.05, 3.63) is 88.3 Å². The topological polar surface area (TPSA) is 0 Å². The van der Waals surface area contributed by atoms with E-state index in [0.717, 1.165) is 0 Å². The van der Waals surface area contributed by atoms with Gasteiger partial charge in [-0.1, -0.05) is 42.5 Å². The maximum atomic E-state index is 14.5. The minimum absolute atomic E-state index is 0.133. The van der Waals surface area contributed by atoms with E-state index in [1.54, 1.807) is 30.3 Å². The summed E-state index contributed by atoms with van der Waals surface area (Å²) in [6, 6.07) is 11.3. The largest absolute Gasteiger partial charge is 0.208 e. The Kier molecular flexibility index (Phi) is 3.39. The van der Waals surface area contributed by atoms with Crippen molar-refractivity contribution in [3.63, 3.8) is 0 Å². The van der Waals surface area contributed by atoms with E-state index in [4.69, 9.17) is 0 Å². The first-order valence-electron chi connectivity index (χ1n) is 7.32. The van der Waals surface area contributed by atoms with Crippen LogP contribution in [-0.2, 0) is 0 Å². The molecule has 0 radical (unpaired) electrons. The summed E-state index contributed by atoms with van der Waals surface area (Å²) in [5.41, 5.74) is -1.94. The summed E-state index contributed by atoms with van der Waals surface area (Å²) in [7, 11) is 0. The van der Waals surface area contributed by atoms with Gasteiger partial charge >= 0.3 is 0 Å². The highest BCUT2D eigenvalue weighted by Crippen LogP contribution is 2.50. The van der Waals surface area contributed by atoms with Gasteiger partial charge in [-0.05, 0) is 16.3 Å². The molecule has 6 heteroatoms. The van der Waals surface area contributed by atoms with Gasteiger partial charge in [0.05, 0.1) is 11.5 Å². The fourth-order valence-corrected chi connectivity index (χ4v) is 3.30. The van der Waals surface area contributed by atoms with Gasteiger partial charge in [0.2, 0.25) is 0 Å². The van der Waals surface area contributed by atoms with E-state index < -0.39 is 52.0 Å². The molecule has 4 rings (SSSR count). The average molecular weight is 350 g/mol. The Labute approximate surface area is 138 Å². The molecule has 0 spiro atoms. The van der Waals surface area contributed by atoms with E-state index >= 15 is 0 Å². The maximum absolute atomic E-state index is 14.5. The summed E-state index contributed by atoms with van der Waals surface area (Å²) in [5.74, 6) is -12.9. The first-order valence-corrected chi connectivity index (χ1v) is 7.32. The van der Waals surface area contributed by atoms with Gasteiger partial charge in [0.15, 0.2) is 29.1 Å². The molecule has 1 atom stereocenters. The molecule has 3 aromatic rings. The number of fused-ring (bicyclic) bond motifs is 2. The maximum Gasteiger partial charge on any atom is 0.198 e. The van der Waals surface area contributed by atoms with Gasteiger partial charge in [0.25, 0.3) is 0 Å². The molecule has 0 aliphatic heterocycles. The Morgan fingerprint density at radius 1 is 0.640 bits per heavy atom. The molecule has 25 heavy (non-hydrogen) atoms. The fraction of sp³-hybridized carbons (Fsp3) is 0.0526. The van der Waals surface area contributed by atoms with Crippen molar-refractivity contribution in [1.82, 2.24) is 0 Å². The molecule has 126 valence electrons. The SMILES string of the molecule is FC1=C(F)C(c2cccc3ccccc23)c2c(F)c(F)c(F)c(F)c21. The summed E-state index contributed by atoms with van der Waals surface area (Å²) in [6.07, 6.45) is 0. The molecular formula is C19H8F6. The van der Waals surface area contributed by atoms with Gasteiger partial charge in [0.1, 0.15) is 5.83 Å².